The Hall–Kier alpha value is -10.5. The van der Waals surface area contributed by atoms with E-state index in [2.05, 4.69) is 281 Å². The minimum absolute atomic E-state index is 0.577. The van der Waals surface area contributed by atoms with Gasteiger partial charge in [0.25, 0.3) is 0 Å². The first-order chi connectivity index (χ1) is 39.7. The van der Waals surface area contributed by atoms with Crippen molar-refractivity contribution in [1.82, 2.24) is 28.7 Å². The maximum Gasteiger partial charge on any atom is 0.166 e. The number of benzene rings is 12. The van der Waals surface area contributed by atoms with Gasteiger partial charge in [0.05, 0.1) is 38.8 Å². The third-order valence-electron chi connectivity index (χ3n) is 16.3. The fourth-order valence-corrected chi connectivity index (χ4v) is 13.9. The van der Waals surface area contributed by atoms with Crippen LogP contribution in [0.25, 0.3) is 159 Å². The van der Waals surface area contributed by atoms with E-state index in [1.54, 1.807) is 0 Å². The van der Waals surface area contributed by atoms with Crippen LogP contribution < -0.4 is 0 Å². The van der Waals surface area contributed by atoms with Crippen molar-refractivity contribution in [3.63, 3.8) is 0 Å². The average molecular weight is 1040 g/mol. The Morgan fingerprint density at radius 3 is 1.36 bits per heavy atom. The molecule has 6 nitrogen and oxygen atoms in total. The molecule has 0 bridgehead atoms. The van der Waals surface area contributed by atoms with Crippen molar-refractivity contribution >= 4 is 108 Å². The standard InChI is InChI=1S/C73H44N6S/c1-3-21-49(22-4-1)77-62-33-13-9-25-51(62)56-29-17-31-58(69(56)77)72-74-71(75-73(76-72)59-32-18-30-57-52-26-10-14-34-63(52)78(70(57)59)50-23-5-2-6-24-50)48-38-40-65(60(42-48)47-37-39-55-54-28-12-16-36-67(54)80-68(55)44-47)79-64-35-15-11-27-53(64)61-41-45-19-7-8-20-46(45)43-66(61)79/h1-44H. The van der Waals surface area contributed by atoms with Crippen molar-refractivity contribution in [3.8, 4) is 62.4 Å². The lowest BCUT2D eigenvalue weighted by Crippen LogP contribution is -2.04. The van der Waals surface area contributed by atoms with Crippen LogP contribution in [0.2, 0.25) is 0 Å². The number of thiophene rings is 1. The second-order valence-corrected chi connectivity index (χ2v) is 21.8. The highest BCUT2D eigenvalue weighted by atomic mass is 32.1. The van der Waals surface area contributed by atoms with Crippen LogP contribution in [0.3, 0.4) is 0 Å². The molecule has 0 aliphatic heterocycles. The highest BCUT2D eigenvalue weighted by Gasteiger charge is 2.25. The van der Waals surface area contributed by atoms with Gasteiger partial charge in [0.1, 0.15) is 0 Å². The predicted octanol–water partition coefficient (Wildman–Crippen LogP) is 19.4. The van der Waals surface area contributed by atoms with Gasteiger partial charge in [0.15, 0.2) is 17.5 Å². The van der Waals surface area contributed by atoms with E-state index in [0.717, 1.165) is 99.5 Å². The van der Waals surface area contributed by atoms with Crippen LogP contribution in [-0.2, 0) is 0 Å². The summed E-state index contributed by atoms with van der Waals surface area (Å²) in [7, 11) is 0. The zero-order valence-electron chi connectivity index (χ0n) is 43.0. The molecule has 17 rings (SSSR count). The molecule has 0 N–H and O–H groups in total. The summed E-state index contributed by atoms with van der Waals surface area (Å²) in [6, 6.07) is 96.4. The smallest absolute Gasteiger partial charge is 0.166 e. The van der Waals surface area contributed by atoms with Crippen molar-refractivity contribution in [2.45, 2.75) is 0 Å². The molecular weight excluding hydrogens is 993 g/mol. The number of hydrogen-bond acceptors (Lipinski definition) is 4. The molecule has 80 heavy (non-hydrogen) atoms. The topological polar surface area (TPSA) is 53.5 Å². The molecule has 0 unspecified atom stereocenters. The van der Waals surface area contributed by atoms with Crippen molar-refractivity contribution in [2.24, 2.45) is 0 Å². The summed E-state index contributed by atoms with van der Waals surface area (Å²) in [6.45, 7) is 0. The number of nitrogens with zero attached hydrogens (tertiary/aromatic N) is 6. The molecule has 0 aliphatic carbocycles. The summed E-state index contributed by atoms with van der Waals surface area (Å²) < 4.78 is 9.70. The first kappa shape index (κ1) is 44.6. The summed E-state index contributed by atoms with van der Waals surface area (Å²) >= 11 is 1.84. The zero-order chi connectivity index (χ0) is 52.4. The molecule has 0 fully saturated rings. The molecule has 17 aromatic rings. The average Bonchev–Trinajstić information content (AvgIpc) is 4.47. The lowest BCUT2D eigenvalue weighted by molar-refractivity contribution is 1.07. The number of fused-ring (bicyclic) bond motifs is 13. The van der Waals surface area contributed by atoms with E-state index in [0.29, 0.717) is 17.5 Å². The third kappa shape index (κ3) is 6.74. The molecule has 0 saturated carbocycles. The van der Waals surface area contributed by atoms with Crippen LogP contribution in [0.1, 0.15) is 0 Å². The molecule has 5 aromatic heterocycles. The molecule has 0 aliphatic rings. The molecule has 0 radical (unpaired) electrons. The highest BCUT2D eigenvalue weighted by Crippen LogP contribution is 2.45. The van der Waals surface area contributed by atoms with Crippen LogP contribution in [0.4, 0.5) is 0 Å². The van der Waals surface area contributed by atoms with Crippen LogP contribution >= 0.6 is 11.3 Å². The second-order valence-electron chi connectivity index (χ2n) is 20.7. The predicted molar refractivity (Wildman–Crippen MR) is 335 cm³/mol. The number of hydrogen-bond donors (Lipinski definition) is 0. The summed E-state index contributed by atoms with van der Waals surface area (Å²) in [6.07, 6.45) is 0. The second kappa shape index (κ2) is 17.5. The SMILES string of the molecule is c1ccc(-n2c3ccccc3c3cccc(-c4nc(-c5ccc(-n6c7ccccc7c7cc8ccccc8cc76)c(-c6ccc7c(c6)sc6ccccc67)c5)nc(-c5cccc6c7ccccc7n(-c7ccccc7)c56)n4)c32)cc1. The summed E-state index contributed by atoms with van der Waals surface area (Å²) in [5, 5.41) is 11.9. The van der Waals surface area contributed by atoms with Crippen molar-refractivity contribution in [1.29, 1.82) is 0 Å². The Balaban J connectivity index is 0.973. The molecule has 5 heterocycles. The lowest BCUT2D eigenvalue weighted by Gasteiger charge is -2.17. The number of rotatable bonds is 7. The first-order valence-corrected chi connectivity index (χ1v) is 27.9. The fourth-order valence-electron chi connectivity index (χ4n) is 12.7. The Morgan fingerprint density at radius 2 is 0.738 bits per heavy atom. The minimum Gasteiger partial charge on any atom is -0.309 e. The van der Waals surface area contributed by atoms with E-state index in [1.165, 1.54) is 41.7 Å². The molecular formula is C73H44N6S. The van der Waals surface area contributed by atoms with Crippen LogP contribution in [-0.4, -0.2) is 28.7 Å². The van der Waals surface area contributed by atoms with Gasteiger partial charge in [-0.25, -0.2) is 15.0 Å². The number of aromatic nitrogens is 6. The third-order valence-corrected chi connectivity index (χ3v) is 17.4. The van der Waals surface area contributed by atoms with Crippen LogP contribution in [0.15, 0.2) is 267 Å². The van der Waals surface area contributed by atoms with Gasteiger partial charge in [0.2, 0.25) is 0 Å². The van der Waals surface area contributed by atoms with E-state index in [9.17, 15) is 0 Å². The summed E-state index contributed by atoms with van der Waals surface area (Å²) in [4.78, 5) is 16.9. The van der Waals surface area contributed by atoms with Crippen molar-refractivity contribution in [3.05, 3.63) is 267 Å². The van der Waals surface area contributed by atoms with Gasteiger partial charge in [-0.2, -0.15) is 0 Å². The Kier molecular flexibility index (Phi) is 9.78. The molecule has 0 spiro atoms. The Bertz CT molecular complexity index is 5200. The molecule has 0 atom stereocenters. The maximum atomic E-state index is 5.65. The minimum atomic E-state index is 0.577. The zero-order valence-corrected chi connectivity index (χ0v) is 43.8. The lowest BCUT2D eigenvalue weighted by atomic mass is 9.98. The van der Waals surface area contributed by atoms with Gasteiger partial charge in [-0.1, -0.05) is 170 Å². The van der Waals surface area contributed by atoms with E-state index in [4.69, 9.17) is 15.0 Å². The quantitative estimate of drug-likeness (QED) is 0.160. The van der Waals surface area contributed by atoms with Gasteiger partial charge in [-0.15, -0.1) is 11.3 Å². The summed E-state index contributed by atoms with van der Waals surface area (Å²) in [5.74, 6) is 1.75. The molecule has 0 amide bonds. The normalized spacial score (nSPS) is 12.0. The molecule has 0 saturated heterocycles. The van der Waals surface area contributed by atoms with E-state index in [-0.39, 0.29) is 0 Å². The van der Waals surface area contributed by atoms with Gasteiger partial charge >= 0.3 is 0 Å². The molecule has 12 aromatic carbocycles. The van der Waals surface area contributed by atoms with E-state index in [1.807, 2.05) is 11.3 Å². The van der Waals surface area contributed by atoms with E-state index >= 15 is 0 Å². The Labute approximate surface area is 463 Å². The maximum absolute atomic E-state index is 5.65. The van der Waals surface area contributed by atoms with Crippen molar-refractivity contribution < 1.29 is 0 Å². The number of para-hydroxylation sites is 7. The van der Waals surface area contributed by atoms with Crippen LogP contribution in [0.5, 0.6) is 0 Å². The highest BCUT2D eigenvalue weighted by molar-refractivity contribution is 7.25. The Morgan fingerprint density at radius 1 is 0.263 bits per heavy atom. The van der Waals surface area contributed by atoms with Gasteiger partial charge in [0, 0.05) is 86.1 Å². The fraction of sp³-hybridized carbons (Fsp3) is 0. The van der Waals surface area contributed by atoms with Crippen LogP contribution in [0, 0.1) is 0 Å². The van der Waals surface area contributed by atoms with Gasteiger partial charge in [-0.3, -0.25) is 0 Å². The van der Waals surface area contributed by atoms with E-state index < -0.39 is 0 Å². The molecule has 372 valence electrons. The van der Waals surface area contributed by atoms with Gasteiger partial charge < -0.3 is 13.7 Å². The monoisotopic (exact) mass is 1040 g/mol. The largest absolute Gasteiger partial charge is 0.309 e. The molecule has 7 heteroatoms. The summed E-state index contributed by atoms with van der Waals surface area (Å²) in [5.41, 5.74) is 14.6. The van der Waals surface area contributed by atoms with Gasteiger partial charge in [-0.05, 0) is 113 Å². The first-order valence-electron chi connectivity index (χ1n) is 27.1. The van der Waals surface area contributed by atoms with Crippen molar-refractivity contribution in [2.75, 3.05) is 0 Å².